The molecule has 0 unspecified atom stereocenters. The minimum absolute atomic E-state index is 0.0867. The van der Waals surface area contributed by atoms with E-state index in [0.29, 0.717) is 19.4 Å². The maximum Gasteiger partial charge on any atom is 0.240 e. The van der Waals surface area contributed by atoms with Crippen molar-refractivity contribution in [3.63, 3.8) is 0 Å². The fourth-order valence-electron chi connectivity index (χ4n) is 2.11. The van der Waals surface area contributed by atoms with Crippen LogP contribution in [0.25, 0.3) is 0 Å². The van der Waals surface area contributed by atoms with Gasteiger partial charge in [0.2, 0.25) is 11.8 Å². The Hall–Kier alpha value is -1.57. The van der Waals surface area contributed by atoms with Crippen molar-refractivity contribution in [2.45, 2.75) is 52.9 Å². The zero-order valence-corrected chi connectivity index (χ0v) is 12.2. The minimum Gasteiger partial charge on any atom is -0.356 e. The molecule has 0 spiro atoms. The van der Waals surface area contributed by atoms with E-state index in [2.05, 4.69) is 16.7 Å². The molecule has 19 heavy (non-hydrogen) atoms. The second kappa shape index (κ2) is 9.37. The fourth-order valence-corrected chi connectivity index (χ4v) is 2.11. The summed E-state index contributed by atoms with van der Waals surface area (Å²) in [6.07, 6.45) is 2.95. The second-order valence-corrected chi connectivity index (χ2v) is 4.65. The molecular formula is C14H25N3O2. The van der Waals surface area contributed by atoms with Gasteiger partial charge in [0.25, 0.3) is 0 Å². The van der Waals surface area contributed by atoms with Gasteiger partial charge in [0, 0.05) is 19.5 Å². The molecule has 0 radical (unpaired) electrons. The van der Waals surface area contributed by atoms with E-state index in [9.17, 15) is 14.9 Å². The van der Waals surface area contributed by atoms with Gasteiger partial charge < -0.3 is 10.6 Å². The molecule has 0 aromatic rings. The van der Waals surface area contributed by atoms with Crippen LogP contribution in [0.3, 0.4) is 0 Å². The van der Waals surface area contributed by atoms with E-state index in [4.69, 9.17) is 0 Å². The van der Waals surface area contributed by atoms with Gasteiger partial charge in [-0.1, -0.05) is 26.7 Å². The molecule has 2 N–H and O–H groups in total. The summed E-state index contributed by atoms with van der Waals surface area (Å²) in [6.45, 7) is 6.63. The van der Waals surface area contributed by atoms with Crippen molar-refractivity contribution in [1.82, 2.24) is 10.6 Å². The van der Waals surface area contributed by atoms with Crippen LogP contribution < -0.4 is 10.6 Å². The summed E-state index contributed by atoms with van der Waals surface area (Å²) in [7, 11) is 0. The monoisotopic (exact) mass is 267 g/mol. The zero-order valence-electron chi connectivity index (χ0n) is 12.2. The SMILES string of the molecule is CCCC(C#N)(CCC)C(=O)NCCC(=O)NCC. The lowest BCUT2D eigenvalue weighted by Gasteiger charge is -2.24. The molecular weight excluding hydrogens is 242 g/mol. The third-order valence-electron chi connectivity index (χ3n) is 3.01. The van der Waals surface area contributed by atoms with Gasteiger partial charge in [0.15, 0.2) is 0 Å². The predicted molar refractivity (Wildman–Crippen MR) is 74.2 cm³/mol. The number of hydrogen-bond donors (Lipinski definition) is 2. The van der Waals surface area contributed by atoms with Gasteiger partial charge in [0.05, 0.1) is 6.07 Å². The molecule has 0 rings (SSSR count). The molecule has 0 bridgehead atoms. The highest BCUT2D eigenvalue weighted by molar-refractivity contribution is 5.86. The Morgan fingerprint density at radius 3 is 2.11 bits per heavy atom. The van der Waals surface area contributed by atoms with Gasteiger partial charge in [-0.25, -0.2) is 0 Å². The molecule has 0 atom stereocenters. The first kappa shape index (κ1) is 17.4. The fraction of sp³-hybridized carbons (Fsp3) is 0.786. The number of carbonyl (C=O) groups excluding carboxylic acids is 2. The number of amides is 2. The Balaban J connectivity index is 4.41. The zero-order chi connectivity index (χ0) is 14.7. The molecule has 108 valence electrons. The summed E-state index contributed by atoms with van der Waals surface area (Å²) < 4.78 is 0. The van der Waals surface area contributed by atoms with Gasteiger partial charge in [-0.3, -0.25) is 9.59 Å². The van der Waals surface area contributed by atoms with Crippen LogP contribution in [0, 0.1) is 16.7 Å². The van der Waals surface area contributed by atoms with Gasteiger partial charge in [0.1, 0.15) is 5.41 Å². The smallest absolute Gasteiger partial charge is 0.240 e. The van der Waals surface area contributed by atoms with E-state index in [1.54, 1.807) is 0 Å². The van der Waals surface area contributed by atoms with E-state index in [0.717, 1.165) is 12.8 Å². The lowest BCUT2D eigenvalue weighted by atomic mass is 9.80. The Morgan fingerprint density at radius 1 is 1.11 bits per heavy atom. The van der Waals surface area contributed by atoms with Gasteiger partial charge in [-0.15, -0.1) is 0 Å². The van der Waals surface area contributed by atoms with E-state index >= 15 is 0 Å². The van der Waals surface area contributed by atoms with Crippen molar-refractivity contribution in [3.8, 4) is 6.07 Å². The van der Waals surface area contributed by atoms with E-state index < -0.39 is 5.41 Å². The predicted octanol–water partition coefficient (Wildman–Crippen LogP) is 1.74. The third kappa shape index (κ3) is 5.73. The Kier molecular flexibility index (Phi) is 8.60. The Morgan fingerprint density at radius 2 is 1.68 bits per heavy atom. The summed E-state index contributed by atoms with van der Waals surface area (Å²) in [5.41, 5.74) is -0.940. The van der Waals surface area contributed by atoms with Crippen molar-refractivity contribution < 1.29 is 9.59 Å². The van der Waals surface area contributed by atoms with Gasteiger partial charge >= 0.3 is 0 Å². The molecule has 0 heterocycles. The highest BCUT2D eigenvalue weighted by Gasteiger charge is 2.36. The number of nitrogens with zero attached hydrogens (tertiary/aromatic N) is 1. The Bertz CT molecular complexity index is 328. The average Bonchev–Trinajstić information content (AvgIpc) is 2.38. The van der Waals surface area contributed by atoms with Gasteiger partial charge in [-0.05, 0) is 19.8 Å². The standard InChI is InChI=1S/C14H25N3O2/c1-4-8-14(11-15,9-5-2)13(19)17-10-7-12(18)16-6-3/h4-10H2,1-3H3,(H,16,18)(H,17,19). The first-order valence-electron chi connectivity index (χ1n) is 7.02. The molecule has 0 aliphatic carbocycles. The van der Waals surface area contributed by atoms with E-state index in [1.807, 2.05) is 20.8 Å². The van der Waals surface area contributed by atoms with Crippen LogP contribution >= 0.6 is 0 Å². The first-order chi connectivity index (χ1) is 9.06. The highest BCUT2D eigenvalue weighted by atomic mass is 16.2. The molecule has 5 heteroatoms. The van der Waals surface area contributed by atoms with Crippen LogP contribution in [-0.2, 0) is 9.59 Å². The molecule has 0 saturated carbocycles. The van der Waals surface area contributed by atoms with Crippen molar-refractivity contribution in [1.29, 1.82) is 5.26 Å². The van der Waals surface area contributed by atoms with Crippen LogP contribution in [0.15, 0.2) is 0 Å². The molecule has 5 nitrogen and oxygen atoms in total. The molecule has 0 aliphatic heterocycles. The Labute approximate surface area is 115 Å². The number of rotatable bonds is 9. The molecule has 0 aliphatic rings. The van der Waals surface area contributed by atoms with Crippen LogP contribution in [0.1, 0.15) is 52.9 Å². The number of nitriles is 1. The highest BCUT2D eigenvalue weighted by Crippen LogP contribution is 2.29. The molecule has 2 amide bonds. The normalized spacial score (nSPS) is 10.6. The largest absolute Gasteiger partial charge is 0.356 e. The minimum atomic E-state index is -0.940. The molecule has 0 aromatic carbocycles. The van der Waals surface area contributed by atoms with E-state index in [-0.39, 0.29) is 24.8 Å². The molecule has 0 saturated heterocycles. The van der Waals surface area contributed by atoms with Gasteiger partial charge in [-0.2, -0.15) is 5.26 Å². The second-order valence-electron chi connectivity index (χ2n) is 4.65. The number of nitrogens with one attached hydrogen (secondary N) is 2. The van der Waals surface area contributed by atoms with Crippen LogP contribution in [0.4, 0.5) is 0 Å². The van der Waals surface area contributed by atoms with Crippen molar-refractivity contribution >= 4 is 11.8 Å². The van der Waals surface area contributed by atoms with Crippen molar-refractivity contribution in [2.75, 3.05) is 13.1 Å². The number of carbonyl (C=O) groups is 2. The average molecular weight is 267 g/mol. The summed E-state index contributed by atoms with van der Waals surface area (Å²) in [5, 5.41) is 14.7. The first-order valence-corrected chi connectivity index (χ1v) is 7.02. The molecule has 0 fully saturated rings. The third-order valence-corrected chi connectivity index (χ3v) is 3.01. The maximum absolute atomic E-state index is 12.2. The summed E-state index contributed by atoms with van der Waals surface area (Å²) in [6, 6.07) is 2.17. The summed E-state index contributed by atoms with van der Waals surface area (Å²) >= 11 is 0. The quantitative estimate of drug-likeness (QED) is 0.667. The lowest BCUT2D eigenvalue weighted by molar-refractivity contribution is -0.129. The molecule has 0 aromatic heterocycles. The lowest BCUT2D eigenvalue weighted by Crippen LogP contribution is -2.41. The van der Waals surface area contributed by atoms with Crippen molar-refractivity contribution in [3.05, 3.63) is 0 Å². The van der Waals surface area contributed by atoms with Crippen LogP contribution in [0.5, 0.6) is 0 Å². The topological polar surface area (TPSA) is 82.0 Å². The van der Waals surface area contributed by atoms with E-state index in [1.165, 1.54) is 0 Å². The number of hydrogen-bond acceptors (Lipinski definition) is 3. The van der Waals surface area contributed by atoms with Crippen LogP contribution in [0.2, 0.25) is 0 Å². The summed E-state index contributed by atoms with van der Waals surface area (Å²) in [5.74, 6) is -0.334. The summed E-state index contributed by atoms with van der Waals surface area (Å²) in [4.78, 5) is 23.4. The maximum atomic E-state index is 12.2. The van der Waals surface area contributed by atoms with Crippen LogP contribution in [-0.4, -0.2) is 24.9 Å². The van der Waals surface area contributed by atoms with Crippen molar-refractivity contribution in [2.24, 2.45) is 5.41 Å².